The Labute approximate surface area is 90.4 Å². The average Bonchev–Trinajstić information content (AvgIpc) is 2.00. The van der Waals surface area contributed by atoms with E-state index in [1.165, 1.54) is 11.1 Å². The molecular formula is C11H18N2O2. The Morgan fingerprint density at radius 2 is 1.87 bits per heavy atom. The van der Waals surface area contributed by atoms with Crippen LogP contribution in [0.3, 0.4) is 0 Å². The Morgan fingerprint density at radius 1 is 1.33 bits per heavy atom. The molecule has 0 aromatic heterocycles. The van der Waals surface area contributed by atoms with E-state index in [1.807, 2.05) is 34.6 Å². The van der Waals surface area contributed by atoms with Crippen LogP contribution in [0.5, 0.6) is 0 Å². The molecule has 0 aromatic carbocycles. The van der Waals surface area contributed by atoms with E-state index in [0.29, 0.717) is 0 Å². The highest BCUT2D eigenvalue weighted by Gasteiger charge is 2.39. The standard InChI is InChI=1S/C11H18N2O2/c1-7(2)9-10(15)13(11(3,4)5)8(14)6-12-9/h6-7,9H,1-5H3. The van der Waals surface area contributed by atoms with Gasteiger partial charge in [0.2, 0.25) is 0 Å². The van der Waals surface area contributed by atoms with Gasteiger partial charge in [0.05, 0.1) is 6.21 Å². The van der Waals surface area contributed by atoms with Gasteiger partial charge in [0.1, 0.15) is 6.04 Å². The van der Waals surface area contributed by atoms with Gasteiger partial charge in [-0.15, -0.1) is 0 Å². The summed E-state index contributed by atoms with van der Waals surface area (Å²) in [7, 11) is 0. The van der Waals surface area contributed by atoms with Crippen molar-refractivity contribution in [1.82, 2.24) is 4.90 Å². The van der Waals surface area contributed by atoms with Crippen LogP contribution in [-0.2, 0) is 9.59 Å². The van der Waals surface area contributed by atoms with Gasteiger partial charge in [0.15, 0.2) is 0 Å². The fourth-order valence-corrected chi connectivity index (χ4v) is 1.62. The van der Waals surface area contributed by atoms with Crippen LogP contribution in [0.4, 0.5) is 0 Å². The topological polar surface area (TPSA) is 49.7 Å². The van der Waals surface area contributed by atoms with E-state index in [-0.39, 0.29) is 17.7 Å². The van der Waals surface area contributed by atoms with Gasteiger partial charge in [-0.25, -0.2) is 0 Å². The number of rotatable bonds is 1. The highest BCUT2D eigenvalue weighted by molar-refractivity contribution is 6.32. The van der Waals surface area contributed by atoms with Crippen molar-refractivity contribution in [2.24, 2.45) is 10.9 Å². The molecule has 0 radical (unpaired) electrons. The predicted molar refractivity (Wildman–Crippen MR) is 58.7 cm³/mol. The van der Waals surface area contributed by atoms with E-state index < -0.39 is 11.6 Å². The summed E-state index contributed by atoms with van der Waals surface area (Å²) in [5, 5.41) is 0. The van der Waals surface area contributed by atoms with Crippen LogP contribution in [0.25, 0.3) is 0 Å². The number of imide groups is 1. The summed E-state index contributed by atoms with van der Waals surface area (Å²) in [4.78, 5) is 28.9. The van der Waals surface area contributed by atoms with Crippen LogP contribution in [0.2, 0.25) is 0 Å². The molecule has 4 nitrogen and oxygen atoms in total. The zero-order valence-corrected chi connectivity index (χ0v) is 9.94. The minimum atomic E-state index is -0.478. The maximum Gasteiger partial charge on any atom is 0.271 e. The third-order valence-corrected chi connectivity index (χ3v) is 2.34. The van der Waals surface area contributed by atoms with Gasteiger partial charge in [-0.1, -0.05) is 13.8 Å². The van der Waals surface area contributed by atoms with Gasteiger partial charge in [-0.05, 0) is 26.7 Å². The number of carbonyl (C=O) groups excluding carboxylic acids is 2. The van der Waals surface area contributed by atoms with Crippen molar-refractivity contribution in [2.75, 3.05) is 0 Å². The van der Waals surface area contributed by atoms with Crippen molar-refractivity contribution >= 4 is 18.0 Å². The number of hydrogen-bond acceptors (Lipinski definition) is 3. The molecule has 1 heterocycles. The molecule has 0 N–H and O–H groups in total. The maximum atomic E-state index is 12.0. The minimum Gasteiger partial charge on any atom is -0.274 e. The van der Waals surface area contributed by atoms with Crippen LogP contribution in [0, 0.1) is 5.92 Å². The van der Waals surface area contributed by atoms with E-state index >= 15 is 0 Å². The first-order valence-corrected chi connectivity index (χ1v) is 5.16. The molecule has 84 valence electrons. The molecule has 1 atom stereocenters. The van der Waals surface area contributed by atoms with E-state index in [4.69, 9.17) is 0 Å². The second kappa shape index (κ2) is 3.76. The molecule has 0 aliphatic carbocycles. The summed E-state index contributed by atoms with van der Waals surface area (Å²) in [5.41, 5.74) is -0.478. The molecule has 2 amide bonds. The normalized spacial score (nSPS) is 22.8. The largest absolute Gasteiger partial charge is 0.274 e. The maximum absolute atomic E-state index is 12.0. The van der Waals surface area contributed by atoms with Crippen molar-refractivity contribution in [1.29, 1.82) is 0 Å². The zero-order valence-electron chi connectivity index (χ0n) is 9.94. The Balaban J connectivity index is 3.06. The third-order valence-electron chi connectivity index (χ3n) is 2.34. The lowest BCUT2D eigenvalue weighted by molar-refractivity contribution is -0.148. The molecule has 1 aliphatic rings. The molecule has 0 bridgehead atoms. The molecule has 4 heteroatoms. The van der Waals surface area contributed by atoms with Gasteiger partial charge < -0.3 is 0 Å². The average molecular weight is 210 g/mol. The molecule has 1 aliphatic heterocycles. The number of nitrogens with zero attached hydrogens (tertiary/aromatic N) is 2. The molecular weight excluding hydrogens is 192 g/mol. The van der Waals surface area contributed by atoms with Crippen molar-refractivity contribution in [3.05, 3.63) is 0 Å². The van der Waals surface area contributed by atoms with Crippen molar-refractivity contribution in [3.8, 4) is 0 Å². The van der Waals surface area contributed by atoms with Gasteiger partial charge in [0.25, 0.3) is 11.8 Å². The van der Waals surface area contributed by atoms with E-state index in [2.05, 4.69) is 4.99 Å². The zero-order chi connectivity index (χ0) is 11.8. The fourth-order valence-electron chi connectivity index (χ4n) is 1.62. The predicted octanol–water partition coefficient (Wildman–Crippen LogP) is 1.25. The molecule has 0 spiro atoms. The summed E-state index contributed by atoms with van der Waals surface area (Å²) >= 11 is 0. The van der Waals surface area contributed by atoms with E-state index in [0.717, 1.165) is 0 Å². The fraction of sp³-hybridized carbons (Fsp3) is 0.727. The van der Waals surface area contributed by atoms with E-state index in [9.17, 15) is 9.59 Å². The van der Waals surface area contributed by atoms with Crippen molar-refractivity contribution in [2.45, 2.75) is 46.2 Å². The lowest BCUT2D eigenvalue weighted by Gasteiger charge is -2.37. The lowest BCUT2D eigenvalue weighted by Crippen LogP contribution is -2.56. The summed E-state index contributed by atoms with van der Waals surface area (Å²) in [6.07, 6.45) is 1.26. The molecule has 0 fully saturated rings. The molecule has 0 saturated carbocycles. The highest BCUT2D eigenvalue weighted by atomic mass is 16.2. The number of aliphatic imine (C=N–C) groups is 1. The van der Waals surface area contributed by atoms with Crippen molar-refractivity contribution < 1.29 is 9.59 Å². The smallest absolute Gasteiger partial charge is 0.271 e. The highest BCUT2D eigenvalue weighted by Crippen LogP contribution is 2.21. The first kappa shape index (κ1) is 11.9. The Morgan fingerprint density at radius 3 is 2.27 bits per heavy atom. The van der Waals surface area contributed by atoms with Gasteiger partial charge in [-0.3, -0.25) is 19.5 Å². The van der Waals surface area contributed by atoms with Gasteiger partial charge in [-0.2, -0.15) is 0 Å². The van der Waals surface area contributed by atoms with Crippen LogP contribution < -0.4 is 0 Å². The van der Waals surface area contributed by atoms with Crippen molar-refractivity contribution in [3.63, 3.8) is 0 Å². The second-order valence-electron chi connectivity index (χ2n) is 5.15. The van der Waals surface area contributed by atoms with Crippen LogP contribution in [0.1, 0.15) is 34.6 Å². The number of hydrogen-bond donors (Lipinski definition) is 0. The van der Waals surface area contributed by atoms with Gasteiger partial charge >= 0.3 is 0 Å². The molecule has 1 unspecified atom stereocenters. The number of amides is 2. The lowest BCUT2D eigenvalue weighted by atomic mass is 9.97. The summed E-state index contributed by atoms with van der Waals surface area (Å²) in [5.74, 6) is -0.388. The molecule has 0 saturated heterocycles. The first-order chi connectivity index (χ1) is 6.75. The Bertz CT molecular complexity index is 313. The van der Waals surface area contributed by atoms with Gasteiger partial charge in [0, 0.05) is 5.54 Å². The Kier molecular flexibility index (Phi) is 2.98. The molecule has 1 rings (SSSR count). The SMILES string of the molecule is CC(C)C1N=CC(=O)N(C(C)(C)C)C1=O. The van der Waals surface area contributed by atoms with Crippen LogP contribution in [-0.4, -0.2) is 34.5 Å². The van der Waals surface area contributed by atoms with Crippen LogP contribution in [0.15, 0.2) is 4.99 Å². The number of carbonyl (C=O) groups is 2. The summed E-state index contributed by atoms with van der Waals surface area (Å²) in [6, 6.07) is -0.415. The molecule has 15 heavy (non-hydrogen) atoms. The quantitative estimate of drug-likeness (QED) is 0.611. The minimum absolute atomic E-state index is 0.117. The summed E-state index contributed by atoms with van der Waals surface area (Å²) in [6.45, 7) is 9.39. The summed E-state index contributed by atoms with van der Waals surface area (Å²) < 4.78 is 0. The first-order valence-electron chi connectivity index (χ1n) is 5.16. The third kappa shape index (κ3) is 2.25. The molecule has 0 aromatic rings. The van der Waals surface area contributed by atoms with Crippen LogP contribution >= 0.6 is 0 Å². The Hall–Kier alpha value is -1.19. The second-order valence-corrected chi connectivity index (χ2v) is 5.15. The monoisotopic (exact) mass is 210 g/mol. The van der Waals surface area contributed by atoms with E-state index in [1.54, 1.807) is 0 Å².